The summed E-state index contributed by atoms with van der Waals surface area (Å²) in [6, 6.07) is 6.61. The van der Waals surface area contributed by atoms with E-state index in [1.165, 1.54) is 30.4 Å². The van der Waals surface area contributed by atoms with Crippen molar-refractivity contribution in [1.29, 1.82) is 0 Å². The van der Waals surface area contributed by atoms with Crippen molar-refractivity contribution in [2.24, 2.45) is 18.9 Å². The van der Waals surface area contributed by atoms with Crippen LogP contribution in [0.3, 0.4) is 0 Å². The Morgan fingerprint density at radius 1 is 1.28 bits per heavy atom. The molecule has 1 aromatic carbocycles. The third-order valence-corrected chi connectivity index (χ3v) is 5.89. The van der Waals surface area contributed by atoms with Crippen LogP contribution in [-0.4, -0.2) is 15.5 Å². The van der Waals surface area contributed by atoms with Gasteiger partial charge in [0, 0.05) is 31.0 Å². The van der Waals surface area contributed by atoms with Crippen molar-refractivity contribution >= 4 is 11.6 Å². The maximum absolute atomic E-state index is 13.2. The molecule has 132 valence electrons. The van der Waals surface area contributed by atoms with Gasteiger partial charge in [-0.25, -0.2) is 4.98 Å². The van der Waals surface area contributed by atoms with E-state index in [-0.39, 0.29) is 11.8 Å². The number of carbonyl (C=O) groups is 1. The number of amides is 1. The fourth-order valence-corrected chi connectivity index (χ4v) is 4.08. The Bertz CT molecular complexity index is 779. The van der Waals surface area contributed by atoms with Crippen LogP contribution in [0.25, 0.3) is 0 Å². The number of rotatable bonds is 5. The Morgan fingerprint density at radius 2 is 2.08 bits per heavy atom. The van der Waals surface area contributed by atoms with Gasteiger partial charge in [-0.2, -0.15) is 0 Å². The molecule has 2 unspecified atom stereocenters. The number of carbonyl (C=O) groups excluding carboxylic acids is 1. The number of hydrogen-bond donors (Lipinski definition) is 0. The van der Waals surface area contributed by atoms with E-state index in [9.17, 15) is 4.79 Å². The highest BCUT2D eigenvalue weighted by atomic mass is 16.2. The number of imidazole rings is 1. The summed E-state index contributed by atoms with van der Waals surface area (Å²) in [5.41, 5.74) is 3.91. The SMILES string of the molecule is CCC1CC1C(=O)N(Cc1nccn1C)c1ccc2c(c1)CCCC2. The second-order valence-electron chi connectivity index (χ2n) is 7.55. The highest BCUT2D eigenvalue weighted by Gasteiger charge is 2.44. The number of hydrogen-bond acceptors (Lipinski definition) is 2. The van der Waals surface area contributed by atoms with E-state index < -0.39 is 0 Å². The molecule has 1 amide bonds. The lowest BCUT2D eigenvalue weighted by Crippen LogP contribution is -2.33. The summed E-state index contributed by atoms with van der Waals surface area (Å²) in [6.07, 6.45) is 10.7. The smallest absolute Gasteiger partial charge is 0.230 e. The predicted molar refractivity (Wildman–Crippen MR) is 99.4 cm³/mol. The number of anilines is 1. The summed E-state index contributed by atoms with van der Waals surface area (Å²) in [7, 11) is 1.99. The Morgan fingerprint density at radius 3 is 2.76 bits per heavy atom. The molecule has 2 aliphatic carbocycles. The molecular formula is C21H27N3O. The monoisotopic (exact) mass is 337 g/mol. The molecule has 0 N–H and O–H groups in total. The number of fused-ring (bicyclic) bond motifs is 1. The van der Waals surface area contributed by atoms with Crippen LogP contribution in [0.4, 0.5) is 5.69 Å². The van der Waals surface area contributed by atoms with E-state index in [1.807, 2.05) is 22.7 Å². The van der Waals surface area contributed by atoms with Crippen molar-refractivity contribution < 1.29 is 4.79 Å². The van der Waals surface area contributed by atoms with Gasteiger partial charge >= 0.3 is 0 Å². The molecule has 1 fully saturated rings. The molecule has 1 aromatic heterocycles. The molecule has 0 saturated heterocycles. The maximum Gasteiger partial charge on any atom is 0.230 e. The van der Waals surface area contributed by atoms with Gasteiger partial charge in [0.1, 0.15) is 5.82 Å². The van der Waals surface area contributed by atoms with Crippen LogP contribution in [0.2, 0.25) is 0 Å². The molecule has 1 saturated carbocycles. The van der Waals surface area contributed by atoms with Gasteiger partial charge in [0.2, 0.25) is 5.91 Å². The largest absolute Gasteiger partial charge is 0.337 e. The van der Waals surface area contributed by atoms with Gasteiger partial charge in [-0.3, -0.25) is 4.79 Å². The first-order valence-corrected chi connectivity index (χ1v) is 9.56. The van der Waals surface area contributed by atoms with Gasteiger partial charge in [0.05, 0.1) is 6.54 Å². The summed E-state index contributed by atoms with van der Waals surface area (Å²) in [6.45, 7) is 2.73. The quantitative estimate of drug-likeness (QED) is 0.830. The minimum atomic E-state index is 0.196. The standard InChI is InChI=1S/C21H27N3O/c1-3-15-13-19(15)21(25)24(14-20-22-10-11-23(20)2)18-9-8-16-6-4-5-7-17(16)12-18/h8-12,15,19H,3-7,13-14H2,1-2H3. The molecule has 1 heterocycles. The summed E-state index contributed by atoms with van der Waals surface area (Å²) in [4.78, 5) is 19.6. The van der Waals surface area contributed by atoms with Gasteiger partial charge in [0.15, 0.2) is 0 Å². The number of benzene rings is 1. The fourth-order valence-electron chi connectivity index (χ4n) is 4.08. The zero-order valence-electron chi connectivity index (χ0n) is 15.2. The molecule has 4 heteroatoms. The predicted octanol–water partition coefficient (Wildman–Crippen LogP) is 3.88. The molecule has 2 aromatic rings. The average Bonchev–Trinajstić information content (AvgIpc) is 3.33. The van der Waals surface area contributed by atoms with Gasteiger partial charge in [-0.15, -0.1) is 0 Å². The first kappa shape index (κ1) is 16.4. The molecule has 0 aliphatic heterocycles. The van der Waals surface area contributed by atoms with Crippen LogP contribution in [0, 0.1) is 11.8 Å². The van der Waals surface area contributed by atoms with Gasteiger partial charge in [-0.05, 0) is 61.3 Å². The van der Waals surface area contributed by atoms with Crippen LogP contribution in [0.15, 0.2) is 30.6 Å². The Labute approximate surface area is 149 Å². The van der Waals surface area contributed by atoms with Crippen LogP contribution in [-0.2, 0) is 31.2 Å². The van der Waals surface area contributed by atoms with Crippen LogP contribution >= 0.6 is 0 Å². The number of aryl methyl sites for hydroxylation is 3. The van der Waals surface area contributed by atoms with Crippen molar-refractivity contribution in [3.63, 3.8) is 0 Å². The highest BCUT2D eigenvalue weighted by Crippen LogP contribution is 2.43. The van der Waals surface area contributed by atoms with Crippen molar-refractivity contribution in [2.75, 3.05) is 4.90 Å². The van der Waals surface area contributed by atoms with Crippen molar-refractivity contribution in [2.45, 2.75) is 52.0 Å². The lowest BCUT2D eigenvalue weighted by molar-refractivity contribution is -0.120. The second kappa shape index (κ2) is 6.66. The van der Waals surface area contributed by atoms with E-state index >= 15 is 0 Å². The summed E-state index contributed by atoms with van der Waals surface area (Å²) < 4.78 is 2.00. The van der Waals surface area contributed by atoms with Crippen molar-refractivity contribution in [1.82, 2.24) is 9.55 Å². The third kappa shape index (κ3) is 3.22. The molecular weight excluding hydrogens is 310 g/mol. The van der Waals surface area contributed by atoms with E-state index in [2.05, 4.69) is 30.1 Å². The van der Waals surface area contributed by atoms with Gasteiger partial charge in [0.25, 0.3) is 0 Å². The topological polar surface area (TPSA) is 38.1 Å². The summed E-state index contributed by atoms with van der Waals surface area (Å²) in [5.74, 6) is 1.96. The van der Waals surface area contributed by atoms with E-state index in [0.717, 1.165) is 30.8 Å². The zero-order chi connectivity index (χ0) is 17.4. The first-order chi connectivity index (χ1) is 12.2. The molecule has 2 aliphatic rings. The van der Waals surface area contributed by atoms with Crippen molar-refractivity contribution in [3.8, 4) is 0 Å². The first-order valence-electron chi connectivity index (χ1n) is 9.56. The normalized spacial score (nSPS) is 21.7. The second-order valence-corrected chi connectivity index (χ2v) is 7.55. The molecule has 4 nitrogen and oxygen atoms in total. The van der Waals surface area contributed by atoms with Gasteiger partial charge in [-0.1, -0.05) is 19.4 Å². The molecule has 0 radical (unpaired) electrons. The zero-order valence-corrected chi connectivity index (χ0v) is 15.2. The Hall–Kier alpha value is -2.10. The number of aromatic nitrogens is 2. The molecule has 0 bridgehead atoms. The average molecular weight is 337 g/mol. The Kier molecular flexibility index (Phi) is 4.36. The fraction of sp³-hybridized carbons (Fsp3) is 0.524. The lowest BCUT2D eigenvalue weighted by Gasteiger charge is -2.25. The molecule has 2 atom stereocenters. The third-order valence-electron chi connectivity index (χ3n) is 5.89. The Balaban J connectivity index is 1.65. The van der Waals surface area contributed by atoms with E-state index in [1.54, 1.807) is 6.20 Å². The summed E-state index contributed by atoms with van der Waals surface area (Å²) >= 11 is 0. The molecule has 4 rings (SSSR count). The lowest BCUT2D eigenvalue weighted by atomic mass is 9.91. The number of nitrogens with zero attached hydrogens (tertiary/aromatic N) is 3. The van der Waals surface area contributed by atoms with Crippen LogP contribution in [0.1, 0.15) is 49.6 Å². The molecule has 0 spiro atoms. The highest BCUT2D eigenvalue weighted by molar-refractivity contribution is 5.96. The maximum atomic E-state index is 13.2. The van der Waals surface area contributed by atoms with E-state index in [0.29, 0.717) is 12.5 Å². The van der Waals surface area contributed by atoms with Crippen LogP contribution in [0.5, 0.6) is 0 Å². The van der Waals surface area contributed by atoms with E-state index in [4.69, 9.17) is 0 Å². The van der Waals surface area contributed by atoms with Crippen molar-refractivity contribution in [3.05, 3.63) is 47.5 Å². The summed E-state index contributed by atoms with van der Waals surface area (Å²) in [5, 5.41) is 0. The van der Waals surface area contributed by atoms with Crippen LogP contribution < -0.4 is 4.90 Å². The minimum Gasteiger partial charge on any atom is -0.337 e. The molecule has 25 heavy (non-hydrogen) atoms. The minimum absolute atomic E-state index is 0.196. The van der Waals surface area contributed by atoms with Gasteiger partial charge < -0.3 is 9.47 Å².